The molecule has 0 heterocycles. The van der Waals surface area contributed by atoms with Gasteiger partial charge in [0.1, 0.15) is 0 Å². The summed E-state index contributed by atoms with van der Waals surface area (Å²) in [6.07, 6.45) is 0. The average Bonchev–Trinajstić information content (AvgIpc) is 2.56. The fourth-order valence-corrected chi connectivity index (χ4v) is 2.27. The van der Waals surface area contributed by atoms with Crippen molar-refractivity contribution < 1.29 is 19.5 Å². The molecule has 0 fully saturated rings. The first kappa shape index (κ1) is 15.4. The molecule has 98 valence electrons. The van der Waals surface area contributed by atoms with Crippen LogP contribution in [-0.2, 0) is 19.5 Å². The molecule has 0 unspecified atom stereocenters. The Balaban J connectivity index is 0.000000147. The Bertz CT molecular complexity index is 619. The van der Waals surface area contributed by atoms with E-state index in [1.807, 2.05) is 0 Å². The summed E-state index contributed by atoms with van der Waals surface area (Å²) >= 11 is 0. The molecule has 4 aromatic rings. The minimum atomic E-state index is 0. The zero-order valence-corrected chi connectivity index (χ0v) is 14.9. The van der Waals surface area contributed by atoms with Gasteiger partial charge in [-0.25, -0.2) is 0 Å². The van der Waals surface area contributed by atoms with E-state index in [1.165, 1.54) is 21.5 Å². The molecule has 1 heteroatoms. The summed E-state index contributed by atoms with van der Waals surface area (Å²) in [4.78, 5) is 0. The summed E-state index contributed by atoms with van der Waals surface area (Å²) in [5, 5.41) is 5.24. The topological polar surface area (TPSA) is 0 Å². The fraction of sp³-hybridized carbons (Fsp3) is 0. The van der Waals surface area contributed by atoms with Crippen molar-refractivity contribution in [3.05, 3.63) is 97.1 Å². The van der Waals surface area contributed by atoms with E-state index in [4.69, 9.17) is 0 Å². The average molecular weight is 322 g/mol. The molecule has 0 radical (unpaired) electrons. The maximum absolute atomic E-state index is 2.12. The van der Waals surface area contributed by atoms with Gasteiger partial charge in [0.2, 0.25) is 0 Å². The van der Waals surface area contributed by atoms with Gasteiger partial charge < -0.3 is 0 Å². The minimum Gasteiger partial charge on any atom is -0.0616 e. The van der Waals surface area contributed by atoms with E-state index in [2.05, 4.69) is 97.1 Å². The molecule has 0 saturated carbocycles. The van der Waals surface area contributed by atoms with Crippen LogP contribution in [0.15, 0.2) is 97.1 Å². The molecule has 0 spiro atoms. The first-order valence-electron chi connectivity index (χ1n) is 6.81. The van der Waals surface area contributed by atoms with Crippen LogP contribution in [0.4, 0.5) is 0 Å². The van der Waals surface area contributed by atoms with Crippen LogP contribution in [-0.4, -0.2) is 0 Å². The number of rotatable bonds is 0. The zero-order valence-electron chi connectivity index (χ0n) is 11.9. The largest absolute Gasteiger partial charge is 0.0616 e. The Morgan fingerprint density at radius 1 is 0.286 bits per heavy atom. The summed E-state index contributed by atoms with van der Waals surface area (Å²) in [6.45, 7) is 0. The molecule has 0 bridgehead atoms. The predicted molar refractivity (Wildman–Crippen MR) is 87.9 cm³/mol. The number of hydrogen-bond donors (Lipinski definition) is 0. The van der Waals surface area contributed by atoms with E-state index in [0.717, 1.165) is 0 Å². The maximum atomic E-state index is 2.12. The maximum Gasteiger partial charge on any atom is 0 e. The van der Waals surface area contributed by atoms with Gasteiger partial charge >= 0.3 is 0 Å². The summed E-state index contributed by atoms with van der Waals surface area (Å²) < 4.78 is 0. The Morgan fingerprint density at radius 2 is 0.429 bits per heavy atom. The van der Waals surface area contributed by atoms with E-state index >= 15 is 0 Å². The van der Waals surface area contributed by atoms with E-state index in [-0.39, 0.29) is 19.5 Å². The van der Waals surface area contributed by atoms with Gasteiger partial charge in [0.05, 0.1) is 0 Å². The molecule has 0 aliphatic carbocycles. The van der Waals surface area contributed by atoms with Crippen molar-refractivity contribution in [2.75, 3.05) is 0 Å². The molecule has 0 atom stereocenters. The Labute approximate surface area is 138 Å². The van der Waals surface area contributed by atoms with Crippen LogP contribution in [0.25, 0.3) is 21.5 Å². The quantitative estimate of drug-likeness (QED) is 0.366. The van der Waals surface area contributed by atoms with Crippen molar-refractivity contribution >= 4 is 21.5 Å². The van der Waals surface area contributed by atoms with Gasteiger partial charge in [0, 0.05) is 19.5 Å². The van der Waals surface area contributed by atoms with E-state index in [0.29, 0.717) is 0 Å². The molecule has 21 heavy (non-hydrogen) atoms. The molecular weight excluding hydrogens is 306 g/mol. The third-order valence-corrected chi connectivity index (χ3v) is 3.32. The van der Waals surface area contributed by atoms with Crippen LogP contribution >= 0.6 is 0 Å². The molecule has 4 rings (SSSR count). The molecule has 0 nitrogen and oxygen atoms in total. The van der Waals surface area contributed by atoms with Crippen LogP contribution in [0, 0.1) is 0 Å². The Morgan fingerprint density at radius 3 is 0.571 bits per heavy atom. The molecule has 0 amide bonds. The van der Waals surface area contributed by atoms with Crippen molar-refractivity contribution in [3.8, 4) is 0 Å². The standard InChI is InChI=1S/2C10H8.Zn/c2*1-2-6-10-8-4-3-7-9(10)5-1;/h2*1-8H;. The monoisotopic (exact) mass is 320 g/mol. The van der Waals surface area contributed by atoms with Crippen molar-refractivity contribution in [3.63, 3.8) is 0 Å². The second-order valence-corrected chi connectivity index (χ2v) is 4.69. The van der Waals surface area contributed by atoms with Crippen molar-refractivity contribution in [1.29, 1.82) is 0 Å². The van der Waals surface area contributed by atoms with Gasteiger partial charge in [-0.3, -0.25) is 0 Å². The van der Waals surface area contributed by atoms with Gasteiger partial charge in [0.15, 0.2) is 0 Å². The number of fused-ring (bicyclic) bond motifs is 2. The van der Waals surface area contributed by atoms with Crippen LogP contribution in [0.1, 0.15) is 0 Å². The Kier molecular flexibility index (Phi) is 5.66. The molecule has 0 N–H and O–H groups in total. The molecule has 0 aliphatic heterocycles. The first-order chi connectivity index (χ1) is 9.93. The van der Waals surface area contributed by atoms with Crippen LogP contribution in [0.5, 0.6) is 0 Å². The van der Waals surface area contributed by atoms with Crippen LogP contribution < -0.4 is 0 Å². The molecule has 0 aliphatic rings. The normalized spacial score (nSPS) is 9.52. The third kappa shape index (κ3) is 4.00. The fourth-order valence-electron chi connectivity index (χ4n) is 2.27. The van der Waals surface area contributed by atoms with Crippen molar-refractivity contribution in [2.45, 2.75) is 0 Å². The molecule has 0 aromatic heterocycles. The van der Waals surface area contributed by atoms with Crippen molar-refractivity contribution in [2.24, 2.45) is 0 Å². The number of benzene rings is 4. The van der Waals surface area contributed by atoms with E-state index in [1.54, 1.807) is 0 Å². The molecular formula is C20H16Zn. The summed E-state index contributed by atoms with van der Waals surface area (Å²) in [5.74, 6) is 0. The summed E-state index contributed by atoms with van der Waals surface area (Å²) in [5.41, 5.74) is 0. The van der Waals surface area contributed by atoms with Gasteiger partial charge in [-0.05, 0) is 21.5 Å². The van der Waals surface area contributed by atoms with Gasteiger partial charge in [-0.2, -0.15) is 0 Å². The van der Waals surface area contributed by atoms with Gasteiger partial charge in [-0.1, -0.05) is 97.1 Å². The SMILES string of the molecule is [Zn].c1ccc2ccccc2c1.c1ccc2ccccc2c1. The summed E-state index contributed by atoms with van der Waals surface area (Å²) in [6, 6.07) is 33.4. The summed E-state index contributed by atoms with van der Waals surface area (Å²) in [7, 11) is 0. The third-order valence-electron chi connectivity index (χ3n) is 3.32. The van der Waals surface area contributed by atoms with Crippen molar-refractivity contribution in [1.82, 2.24) is 0 Å². The minimum absolute atomic E-state index is 0. The van der Waals surface area contributed by atoms with Crippen LogP contribution in [0.2, 0.25) is 0 Å². The first-order valence-corrected chi connectivity index (χ1v) is 6.81. The molecule has 0 saturated heterocycles. The van der Waals surface area contributed by atoms with E-state index < -0.39 is 0 Å². The number of hydrogen-bond acceptors (Lipinski definition) is 0. The van der Waals surface area contributed by atoms with Gasteiger partial charge in [-0.15, -0.1) is 0 Å². The smallest absolute Gasteiger partial charge is 0 e. The second-order valence-electron chi connectivity index (χ2n) is 4.69. The van der Waals surface area contributed by atoms with Crippen LogP contribution in [0.3, 0.4) is 0 Å². The van der Waals surface area contributed by atoms with Gasteiger partial charge in [0.25, 0.3) is 0 Å². The zero-order chi connectivity index (χ0) is 13.6. The second kappa shape index (κ2) is 7.71. The molecule has 4 aromatic carbocycles. The Hall–Kier alpha value is -1.98. The van der Waals surface area contributed by atoms with E-state index in [9.17, 15) is 0 Å². The predicted octanol–water partition coefficient (Wildman–Crippen LogP) is 5.68.